The Hall–Kier alpha value is -0.910. The van der Waals surface area contributed by atoms with E-state index in [0.29, 0.717) is 16.5 Å². The highest BCUT2D eigenvalue weighted by molar-refractivity contribution is 9.10. The van der Waals surface area contributed by atoms with Crippen molar-refractivity contribution in [1.29, 1.82) is 0 Å². The van der Waals surface area contributed by atoms with Gasteiger partial charge >= 0.3 is 0 Å². The lowest BCUT2D eigenvalue weighted by Crippen LogP contribution is -2.45. The fourth-order valence-electron chi connectivity index (χ4n) is 2.46. The van der Waals surface area contributed by atoms with Crippen LogP contribution in [0.3, 0.4) is 0 Å². The first kappa shape index (κ1) is 14.5. The van der Waals surface area contributed by atoms with Gasteiger partial charge in [0.25, 0.3) is 0 Å². The minimum atomic E-state index is -0.344. The molecule has 1 saturated heterocycles. The lowest BCUT2D eigenvalue weighted by Gasteiger charge is -2.35. The van der Waals surface area contributed by atoms with Crippen molar-refractivity contribution in [3.63, 3.8) is 0 Å². The van der Waals surface area contributed by atoms with Crippen LogP contribution in [0.15, 0.2) is 29.3 Å². The molecule has 0 bridgehead atoms. The summed E-state index contributed by atoms with van der Waals surface area (Å²) in [5.74, 6) is -0.226. The molecule has 2 rings (SSSR count). The van der Waals surface area contributed by atoms with Gasteiger partial charge in [-0.25, -0.2) is 4.39 Å². The summed E-state index contributed by atoms with van der Waals surface area (Å²) in [4.78, 5) is 2.25. The number of rotatable bonds is 4. The summed E-state index contributed by atoms with van der Waals surface area (Å²) in [6, 6.07) is 2.66. The van der Waals surface area contributed by atoms with Crippen LogP contribution in [0.2, 0.25) is 0 Å². The summed E-state index contributed by atoms with van der Waals surface area (Å²) in [6.45, 7) is 7.34. The standard InChI is InChI=1S/C14H18BrFN2O/c1-2-3-13(18-6-4-17-5-7-18)11-8-10(16)9-12(15)14(11)19/h2,8-9,13,17,19H,1,3-7H2/t13-/m0/s1. The lowest BCUT2D eigenvalue weighted by molar-refractivity contribution is 0.171. The number of nitrogens with zero attached hydrogens (tertiary/aromatic N) is 1. The van der Waals surface area contributed by atoms with E-state index < -0.39 is 0 Å². The zero-order valence-electron chi connectivity index (χ0n) is 10.7. The van der Waals surface area contributed by atoms with Gasteiger partial charge in [0.05, 0.1) is 4.47 Å². The van der Waals surface area contributed by atoms with Gasteiger partial charge in [0, 0.05) is 37.8 Å². The quantitative estimate of drug-likeness (QED) is 0.834. The smallest absolute Gasteiger partial charge is 0.134 e. The van der Waals surface area contributed by atoms with Crippen LogP contribution in [0.1, 0.15) is 18.0 Å². The van der Waals surface area contributed by atoms with Crippen LogP contribution < -0.4 is 5.32 Å². The molecule has 1 heterocycles. The number of hydrogen-bond donors (Lipinski definition) is 2. The van der Waals surface area contributed by atoms with Gasteiger partial charge < -0.3 is 10.4 Å². The molecule has 0 aromatic heterocycles. The largest absolute Gasteiger partial charge is 0.506 e. The summed E-state index contributed by atoms with van der Waals surface area (Å²) in [5, 5.41) is 13.4. The van der Waals surface area contributed by atoms with E-state index in [0.717, 1.165) is 26.2 Å². The van der Waals surface area contributed by atoms with E-state index in [2.05, 4.69) is 32.7 Å². The third kappa shape index (κ3) is 3.35. The molecule has 2 N–H and O–H groups in total. The van der Waals surface area contributed by atoms with Crippen LogP contribution in [0, 0.1) is 5.82 Å². The highest BCUT2D eigenvalue weighted by atomic mass is 79.9. The molecule has 104 valence electrons. The van der Waals surface area contributed by atoms with Crippen LogP contribution in [0.25, 0.3) is 0 Å². The second-order valence-corrected chi connectivity index (χ2v) is 5.51. The average Bonchev–Trinajstić information content (AvgIpc) is 2.41. The predicted molar refractivity (Wildman–Crippen MR) is 77.8 cm³/mol. The minimum absolute atomic E-state index is 0.0356. The Bertz CT molecular complexity index is 461. The normalized spacial score (nSPS) is 18.2. The van der Waals surface area contributed by atoms with Gasteiger partial charge in [-0.05, 0) is 34.5 Å². The molecule has 0 saturated carbocycles. The van der Waals surface area contributed by atoms with E-state index >= 15 is 0 Å². The molecule has 1 aromatic rings. The number of aromatic hydroxyl groups is 1. The Labute approximate surface area is 121 Å². The molecule has 5 heteroatoms. The van der Waals surface area contributed by atoms with Gasteiger partial charge in [0.2, 0.25) is 0 Å². The molecule has 3 nitrogen and oxygen atoms in total. The number of phenols is 1. The summed E-state index contributed by atoms with van der Waals surface area (Å²) in [5.41, 5.74) is 0.619. The molecular formula is C14H18BrFN2O. The van der Waals surface area contributed by atoms with E-state index in [1.807, 2.05) is 6.08 Å². The van der Waals surface area contributed by atoms with Crippen molar-refractivity contribution in [3.05, 3.63) is 40.6 Å². The van der Waals surface area contributed by atoms with Crippen molar-refractivity contribution in [2.24, 2.45) is 0 Å². The molecular weight excluding hydrogens is 311 g/mol. The third-order valence-electron chi connectivity index (χ3n) is 3.40. The summed E-state index contributed by atoms with van der Waals surface area (Å²) >= 11 is 3.19. The molecule has 1 aromatic carbocycles. The van der Waals surface area contributed by atoms with Gasteiger partial charge in [0.1, 0.15) is 11.6 Å². The Balaban J connectivity index is 2.34. The van der Waals surface area contributed by atoms with Crippen molar-refractivity contribution < 1.29 is 9.50 Å². The second kappa shape index (κ2) is 6.50. The van der Waals surface area contributed by atoms with Crippen molar-refractivity contribution in [3.8, 4) is 5.75 Å². The molecule has 1 aliphatic heterocycles. The number of nitrogens with one attached hydrogen (secondary N) is 1. The first-order chi connectivity index (χ1) is 9.13. The Morgan fingerprint density at radius 3 is 2.79 bits per heavy atom. The fraction of sp³-hybridized carbons (Fsp3) is 0.429. The zero-order valence-corrected chi connectivity index (χ0v) is 12.3. The van der Waals surface area contributed by atoms with Gasteiger partial charge in [-0.3, -0.25) is 4.90 Å². The Morgan fingerprint density at radius 1 is 1.47 bits per heavy atom. The second-order valence-electron chi connectivity index (χ2n) is 4.65. The van der Waals surface area contributed by atoms with E-state index in [1.54, 1.807) is 0 Å². The van der Waals surface area contributed by atoms with E-state index in [4.69, 9.17) is 0 Å². The maximum atomic E-state index is 13.6. The molecule has 0 spiro atoms. The molecule has 0 aliphatic carbocycles. The van der Waals surface area contributed by atoms with Gasteiger partial charge in [0.15, 0.2) is 0 Å². The molecule has 1 aliphatic rings. The zero-order chi connectivity index (χ0) is 13.8. The minimum Gasteiger partial charge on any atom is -0.506 e. The molecule has 1 fully saturated rings. The van der Waals surface area contributed by atoms with Crippen molar-refractivity contribution in [2.45, 2.75) is 12.5 Å². The highest BCUT2D eigenvalue weighted by Crippen LogP contribution is 2.37. The summed E-state index contributed by atoms with van der Waals surface area (Å²) in [6.07, 6.45) is 2.49. The van der Waals surface area contributed by atoms with Crippen molar-refractivity contribution in [2.75, 3.05) is 26.2 Å². The number of hydrogen-bond acceptors (Lipinski definition) is 3. The topological polar surface area (TPSA) is 35.5 Å². The van der Waals surface area contributed by atoms with Gasteiger partial charge in [-0.2, -0.15) is 0 Å². The molecule has 0 amide bonds. The average molecular weight is 329 g/mol. The highest BCUT2D eigenvalue weighted by Gasteiger charge is 2.25. The van der Waals surface area contributed by atoms with E-state index in [1.165, 1.54) is 12.1 Å². The Kier molecular flexibility index (Phi) is 4.96. The van der Waals surface area contributed by atoms with E-state index in [-0.39, 0.29) is 17.6 Å². The number of halogens is 2. The Morgan fingerprint density at radius 2 is 2.16 bits per heavy atom. The molecule has 1 atom stereocenters. The number of piperazine rings is 1. The molecule has 0 unspecified atom stereocenters. The van der Waals surface area contributed by atoms with E-state index in [9.17, 15) is 9.50 Å². The number of phenolic OH excluding ortho intramolecular Hbond substituents is 1. The molecule has 0 radical (unpaired) electrons. The predicted octanol–water partition coefficient (Wildman–Crippen LogP) is 2.82. The lowest BCUT2D eigenvalue weighted by atomic mass is 10.00. The maximum Gasteiger partial charge on any atom is 0.134 e. The van der Waals surface area contributed by atoms with Crippen LogP contribution in [-0.2, 0) is 0 Å². The maximum absolute atomic E-state index is 13.6. The van der Waals surface area contributed by atoms with Crippen molar-refractivity contribution >= 4 is 15.9 Å². The van der Waals surface area contributed by atoms with Crippen LogP contribution in [0.4, 0.5) is 4.39 Å². The fourth-order valence-corrected chi connectivity index (χ4v) is 2.91. The molecule has 19 heavy (non-hydrogen) atoms. The third-order valence-corrected chi connectivity index (χ3v) is 4.00. The van der Waals surface area contributed by atoms with Crippen LogP contribution in [-0.4, -0.2) is 36.2 Å². The monoisotopic (exact) mass is 328 g/mol. The van der Waals surface area contributed by atoms with Crippen LogP contribution >= 0.6 is 15.9 Å². The first-order valence-electron chi connectivity index (χ1n) is 6.37. The summed E-state index contributed by atoms with van der Waals surface area (Å²) in [7, 11) is 0. The number of benzene rings is 1. The van der Waals surface area contributed by atoms with Crippen molar-refractivity contribution in [1.82, 2.24) is 10.2 Å². The van der Waals surface area contributed by atoms with Gasteiger partial charge in [-0.1, -0.05) is 6.08 Å². The van der Waals surface area contributed by atoms with Crippen LogP contribution in [0.5, 0.6) is 5.75 Å². The van der Waals surface area contributed by atoms with Gasteiger partial charge in [-0.15, -0.1) is 6.58 Å². The first-order valence-corrected chi connectivity index (χ1v) is 7.16. The SMILES string of the molecule is C=CC[C@@H](c1cc(F)cc(Br)c1O)N1CCNCC1. The summed E-state index contributed by atoms with van der Waals surface area (Å²) < 4.78 is 14.0.